The Labute approximate surface area is 121 Å². The van der Waals surface area contributed by atoms with E-state index < -0.39 is 0 Å². The van der Waals surface area contributed by atoms with Crippen molar-refractivity contribution in [2.75, 3.05) is 5.32 Å². The summed E-state index contributed by atoms with van der Waals surface area (Å²) in [5.74, 6) is 0.226. The summed E-state index contributed by atoms with van der Waals surface area (Å²) in [6.07, 6.45) is 4.66. The first-order valence-electron chi connectivity index (χ1n) is 7.16. The zero-order chi connectivity index (χ0) is 14.2. The largest absolute Gasteiger partial charge is 0.346 e. The first-order chi connectivity index (χ1) is 10.3. The molecule has 2 heterocycles. The molecule has 1 aliphatic carbocycles. The second-order valence-corrected chi connectivity index (χ2v) is 5.37. The summed E-state index contributed by atoms with van der Waals surface area (Å²) in [5, 5.41) is 7.68. The number of fused-ring (bicyclic) bond motifs is 2. The molecule has 5 heteroatoms. The van der Waals surface area contributed by atoms with Crippen molar-refractivity contribution < 1.29 is 4.39 Å². The molecule has 1 N–H and O–H groups in total. The van der Waals surface area contributed by atoms with Gasteiger partial charge in [0.05, 0.1) is 12.2 Å². The van der Waals surface area contributed by atoms with Crippen molar-refractivity contribution in [1.82, 2.24) is 14.6 Å². The summed E-state index contributed by atoms with van der Waals surface area (Å²) in [6, 6.07) is 11.7. The number of hydrogen-bond donors (Lipinski definition) is 1. The summed E-state index contributed by atoms with van der Waals surface area (Å²) < 4.78 is 14.7. The highest BCUT2D eigenvalue weighted by Gasteiger charge is 2.20. The average Bonchev–Trinajstić information content (AvgIpc) is 2.89. The minimum atomic E-state index is -0.318. The average molecular weight is 282 g/mol. The van der Waals surface area contributed by atoms with Crippen LogP contribution in [0.25, 0.3) is 5.65 Å². The molecule has 0 spiro atoms. The molecule has 0 radical (unpaired) electrons. The lowest BCUT2D eigenvalue weighted by atomic mass is 9.88. The van der Waals surface area contributed by atoms with Crippen LogP contribution in [0.5, 0.6) is 0 Å². The van der Waals surface area contributed by atoms with Gasteiger partial charge < -0.3 is 5.32 Å². The van der Waals surface area contributed by atoms with E-state index in [1.165, 1.54) is 27.9 Å². The zero-order valence-corrected chi connectivity index (χ0v) is 11.5. The van der Waals surface area contributed by atoms with Crippen molar-refractivity contribution >= 4 is 11.6 Å². The van der Waals surface area contributed by atoms with Gasteiger partial charge in [-0.25, -0.2) is 8.91 Å². The molecular formula is C16H15FN4. The van der Waals surface area contributed by atoms with Gasteiger partial charge >= 0.3 is 0 Å². The number of anilines is 1. The number of aromatic nitrogens is 3. The third kappa shape index (κ3) is 2.24. The lowest BCUT2D eigenvalue weighted by molar-refractivity contribution is 0.595. The molecule has 0 saturated carbocycles. The highest BCUT2D eigenvalue weighted by molar-refractivity contribution is 5.45. The van der Waals surface area contributed by atoms with E-state index in [9.17, 15) is 4.39 Å². The first-order valence-corrected chi connectivity index (χ1v) is 7.16. The maximum absolute atomic E-state index is 13.2. The van der Waals surface area contributed by atoms with Crippen molar-refractivity contribution in [3.63, 3.8) is 0 Å². The van der Waals surface area contributed by atoms with E-state index in [0.717, 1.165) is 19.3 Å². The van der Waals surface area contributed by atoms with E-state index in [1.807, 2.05) is 0 Å². The smallest absolute Gasteiger partial charge is 0.243 e. The third-order valence-corrected chi connectivity index (χ3v) is 3.97. The van der Waals surface area contributed by atoms with Crippen LogP contribution in [0.15, 0.2) is 42.6 Å². The molecule has 4 nitrogen and oxygen atoms in total. The summed E-state index contributed by atoms with van der Waals surface area (Å²) in [5.41, 5.74) is 3.34. The number of pyridine rings is 1. The molecule has 1 atom stereocenters. The summed E-state index contributed by atoms with van der Waals surface area (Å²) in [7, 11) is 0. The van der Waals surface area contributed by atoms with Crippen molar-refractivity contribution in [3.8, 4) is 0 Å². The summed E-state index contributed by atoms with van der Waals surface area (Å²) in [4.78, 5) is 4.39. The molecule has 0 aliphatic heterocycles. The van der Waals surface area contributed by atoms with Gasteiger partial charge in [0.15, 0.2) is 5.65 Å². The Hall–Kier alpha value is -2.43. The zero-order valence-electron chi connectivity index (χ0n) is 11.5. The predicted molar refractivity (Wildman–Crippen MR) is 78.7 cm³/mol. The van der Waals surface area contributed by atoms with Crippen LogP contribution in [0.2, 0.25) is 0 Å². The lowest BCUT2D eigenvalue weighted by Crippen LogP contribution is -2.17. The molecule has 1 aromatic carbocycles. The quantitative estimate of drug-likeness (QED) is 0.783. The molecule has 1 aliphatic rings. The highest BCUT2D eigenvalue weighted by atomic mass is 19.1. The Morgan fingerprint density at radius 3 is 3.05 bits per heavy atom. The standard InChI is InChI=1S/C16H15FN4/c17-12-8-9-15-19-16(20-21(15)10-12)18-14-7-3-5-11-4-1-2-6-13(11)14/h1-2,4,6,8-10,14H,3,5,7H2,(H,18,20). The first kappa shape index (κ1) is 12.3. The Morgan fingerprint density at radius 1 is 1.19 bits per heavy atom. The van der Waals surface area contributed by atoms with Crippen molar-refractivity contribution in [1.29, 1.82) is 0 Å². The van der Waals surface area contributed by atoms with Gasteiger partial charge in [0.2, 0.25) is 5.95 Å². The number of hydrogen-bond acceptors (Lipinski definition) is 3. The Bertz CT molecular complexity index is 796. The normalized spacial score (nSPS) is 17.7. The Kier molecular flexibility index (Phi) is 2.84. The van der Waals surface area contributed by atoms with E-state index in [4.69, 9.17) is 0 Å². The molecule has 4 rings (SSSR count). The second kappa shape index (κ2) is 4.84. The minimum Gasteiger partial charge on any atom is -0.346 e. The van der Waals surface area contributed by atoms with Crippen LogP contribution >= 0.6 is 0 Å². The van der Waals surface area contributed by atoms with Crippen LogP contribution in [0.3, 0.4) is 0 Å². The molecular weight excluding hydrogens is 267 g/mol. The lowest BCUT2D eigenvalue weighted by Gasteiger charge is -2.25. The second-order valence-electron chi connectivity index (χ2n) is 5.37. The summed E-state index contributed by atoms with van der Waals surface area (Å²) in [6.45, 7) is 0. The van der Waals surface area contributed by atoms with E-state index in [-0.39, 0.29) is 11.9 Å². The van der Waals surface area contributed by atoms with Gasteiger partial charge in [0.1, 0.15) is 5.82 Å². The van der Waals surface area contributed by atoms with Gasteiger partial charge in [0, 0.05) is 0 Å². The number of halogens is 1. The molecule has 21 heavy (non-hydrogen) atoms. The molecule has 0 saturated heterocycles. The monoisotopic (exact) mass is 282 g/mol. The van der Waals surface area contributed by atoms with Gasteiger partial charge in [-0.2, -0.15) is 4.98 Å². The fourth-order valence-electron chi connectivity index (χ4n) is 2.98. The van der Waals surface area contributed by atoms with Crippen molar-refractivity contribution in [3.05, 3.63) is 59.5 Å². The fourth-order valence-corrected chi connectivity index (χ4v) is 2.98. The summed E-state index contributed by atoms with van der Waals surface area (Å²) >= 11 is 0. The number of nitrogens with one attached hydrogen (secondary N) is 1. The molecule has 2 aromatic heterocycles. The topological polar surface area (TPSA) is 42.2 Å². The number of benzene rings is 1. The number of aryl methyl sites for hydroxylation is 1. The molecule has 0 bridgehead atoms. The minimum absolute atomic E-state index is 0.220. The van der Waals surface area contributed by atoms with Gasteiger partial charge in [-0.05, 0) is 42.5 Å². The van der Waals surface area contributed by atoms with E-state index in [0.29, 0.717) is 11.6 Å². The number of rotatable bonds is 2. The highest BCUT2D eigenvalue weighted by Crippen LogP contribution is 2.31. The van der Waals surface area contributed by atoms with Crippen molar-refractivity contribution in [2.45, 2.75) is 25.3 Å². The van der Waals surface area contributed by atoms with Crippen LogP contribution in [0, 0.1) is 5.82 Å². The molecule has 1 unspecified atom stereocenters. The maximum atomic E-state index is 13.2. The molecule has 3 aromatic rings. The van der Waals surface area contributed by atoms with Crippen LogP contribution in [-0.4, -0.2) is 14.6 Å². The van der Waals surface area contributed by atoms with Crippen LogP contribution in [0.4, 0.5) is 10.3 Å². The molecule has 0 amide bonds. The van der Waals surface area contributed by atoms with Gasteiger partial charge in [-0.15, -0.1) is 5.10 Å². The maximum Gasteiger partial charge on any atom is 0.243 e. The molecule has 0 fully saturated rings. The van der Waals surface area contributed by atoms with Crippen molar-refractivity contribution in [2.24, 2.45) is 0 Å². The van der Waals surface area contributed by atoms with Crippen LogP contribution in [-0.2, 0) is 6.42 Å². The van der Waals surface area contributed by atoms with Gasteiger partial charge in [-0.3, -0.25) is 0 Å². The molecule has 106 valence electrons. The van der Waals surface area contributed by atoms with Gasteiger partial charge in [0.25, 0.3) is 0 Å². The van der Waals surface area contributed by atoms with Crippen LogP contribution < -0.4 is 5.32 Å². The van der Waals surface area contributed by atoms with E-state index >= 15 is 0 Å². The SMILES string of the molecule is Fc1ccc2nc(NC3CCCc4ccccc43)nn2c1. The van der Waals surface area contributed by atoms with Crippen LogP contribution in [0.1, 0.15) is 30.0 Å². The fraction of sp³-hybridized carbons (Fsp3) is 0.250. The Balaban J connectivity index is 1.66. The predicted octanol–water partition coefficient (Wildman–Crippen LogP) is 3.36. The van der Waals surface area contributed by atoms with E-state index in [1.54, 1.807) is 6.07 Å². The van der Waals surface area contributed by atoms with E-state index in [2.05, 4.69) is 39.7 Å². The number of nitrogens with zero attached hydrogens (tertiary/aromatic N) is 3. The third-order valence-electron chi connectivity index (χ3n) is 3.97. The van der Waals surface area contributed by atoms with Gasteiger partial charge in [-0.1, -0.05) is 24.3 Å². The Morgan fingerprint density at radius 2 is 2.10 bits per heavy atom.